The molecule has 1 atom stereocenters. The molecule has 0 saturated carbocycles. The summed E-state index contributed by atoms with van der Waals surface area (Å²) in [5.74, 6) is 0.385. The monoisotopic (exact) mass is 312 g/mol. The molecular weight excluding hydrogens is 292 g/mol. The van der Waals surface area contributed by atoms with E-state index in [0.29, 0.717) is 11.8 Å². The van der Waals surface area contributed by atoms with Gasteiger partial charge in [-0.25, -0.2) is 0 Å². The number of likely N-dealkylation sites (N-methyl/N-ethyl adjacent to an activating group) is 1. The molecule has 1 aromatic carbocycles. The number of hydrogen-bond acceptors (Lipinski definition) is 3. The van der Waals surface area contributed by atoms with Crippen molar-refractivity contribution in [3.63, 3.8) is 0 Å². The van der Waals surface area contributed by atoms with Gasteiger partial charge in [0.05, 0.1) is 0 Å². The summed E-state index contributed by atoms with van der Waals surface area (Å²) in [6.07, 6.45) is 2.55. The standard InChI is InChI=1S/C14H21BrN2O/c1-2-17(10-13-4-3-7-16-13)9-11-8-12(15)5-6-14(11)18/h5-6,8,13,16,18H,2-4,7,9-10H2,1H3. The van der Waals surface area contributed by atoms with Gasteiger partial charge in [0.15, 0.2) is 0 Å². The Morgan fingerprint density at radius 3 is 3.00 bits per heavy atom. The van der Waals surface area contributed by atoms with E-state index in [0.717, 1.165) is 36.2 Å². The minimum absolute atomic E-state index is 0.385. The number of benzene rings is 1. The Morgan fingerprint density at radius 2 is 2.33 bits per heavy atom. The van der Waals surface area contributed by atoms with Crippen molar-refractivity contribution in [2.24, 2.45) is 0 Å². The van der Waals surface area contributed by atoms with Crippen LogP contribution in [-0.2, 0) is 6.54 Å². The van der Waals surface area contributed by atoms with Gasteiger partial charge in [0.25, 0.3) is 0 Å². The normalized spacial score (nSPS) is 19.6. The molecule has 0 radical (unpaired) electrons. The molecule has 100 valence electrons. The van der Waals surface area contributed by atoms with Crippen molar-refractivity contribution in [3.8, 4) is 5.75 Å². The second-order valence-electron chi connectivity index (χ2n) is 4.89. The number of nitrogens with one attached hydrogen (secondary N) is 1. The molecule has 1 unspecified atom stereocenters. The van der Waals surface area contributed by atoms with Crippen molar-refractivity contribution in [1.82, 2.24) is 10.2 Å². The molecule has 0 aliphatic carbocycles. The molecule has 1 aliphatic heterocycles. The van der Waals surface area contributed by atoms with E-state index in [4.69, 9.17) is 0 Å². The molecule has 4 heteroatoms. The van der Waals surface area contributed by atoms with Crippen molar-refractivity contribution >= 4 is 15.9 Å². The van der Waals surface area contributed by atoms with Gasteiger partial charge < -0.3 is 10.4 Å². The van der Waals surface area contributed by atoms with Crippen molar-refractivity contribution < 1.29 is 5.11 Å². The Morgan fingerprint density at radius 1 is 1.50 bits per heavy atom. The minimum Gasteiger partial charge on any atom is -0.508 e. The highest BCUT2D eigenvalue weighted by molar-refractivity contribution is 9.10. The highest BCUT2D eigenvalue weighted by Crippen LogP contribution is 2.23. The summed E-state index contributed by atoms with van der Waals surface area (Å²) in [7, 11) is 0. The number of aromatic hydroxyl groups is 1. The number of halogens is 1. The lowest BCUT2D eigenvalue weighted by molar-refractivity contribution is 0.250. The van der Waals surface area contributed by atoms with Crippen LogP contribution in [0.1, 0.15) is 25.3 Å². The van der Waals surface area contributed by atoms with Crippen LogP contribution in [0.4, 0.5) is 0 Å². The zero-order chi connectivity index (χ0) is 13.0. The lowest BCUT2D eigenvalue weighted by Gasteiger charge is -2.24. The zero-order valence-corrected chi connectivity index (χ0v) is 12.4. The average Bonchev–Trinajstić information content (AvgIpc) is 2.85. The summed E-state index contributed by atoms with van der Waals surface area (Å²) in [6, 6.07) is 6.23. The van der Waals surface area contributed by atoms with Crippen molar-refractivity contribution in [2.45, 2.75) is 32.4 Å². The molecule has 1 fully saturated rings. The largest absolute Gasteiger partial charge is 0.508 e. The summed E-state index contributed by atoms with van der Waals surface area (Å²) in [5.41, 5.74) is 0.990. The highest BCUT2D eigenvalue weighted by atomic mass is 79.9. The third-order valence-electron chi connectivity index (χ3n) is 3.52. The molecule has 1 saturated heterocycles. The van der Waals surface area contributed by atoms with E-state index in [1.54, 1.807) is 6.07 Å². The molecule has 0 bridgehead atoms. The van der Waals surface area contributed by atoms with Gasteiger partial charge in [0.1, 0.15) is 5.75 Å². The maximum Gasteiger partial charge on any atom is 0.120 e. The van der Waals surface area contributed by atoms with E-state index in [-0.39, 0.29) is 0 Å². The summed E-state index contributed by atoms with van der Waals surface area (Å²) in [5, 5.41) is 13.4. The summed E-state index contributed by atoms with van der Waals surface area (Å²) >= 11 is 3.45. The van der Waals surface area contributed by atoms with Crippen LogP contribution in [0.3, 0.4) is 0 Å². The van der Waals surface area contributed by atoms with E-state index in [1.165, 1.54) is 12.8 Å². The fraction of sp³-hybridized carbons (Fsp3) is 0.571. The fourth-order valence-corrected chi connectivity index (χ4v) is 2.86. The molecule has 18 heavy (non-hydrogen) atoms. The van der Waals surface area contributed by atoms with Gasteiger partial charge in [0.2, 0.25) is 0 Å². The van der Waals surface area contributed by atoms with Gasteiger partial charge in [-0.05, 0) is 44.1 Å². The molecule has 1 heterocycles. The molecule has 1 aromatic rings. The van der Waals surface area contributed by atoms with E-state index < -0.39 is 0 Å². The topological polar surface area (TPSA) is 35.5 Å². The lowest BCUT2D eigenvalue weighted by Crippen LogP contribution is -2.37. The van der Waals surface area contributed by atoms with E-state index in [1.807, 2.05) is 12.1 Å². The van der Waals surface area contributed by atoms with E-state index in [9.17, 15) is 5.11 Å². The van der Waals surface area contributed by atoms with E-state index in [2.05, 4.69) is 33.1 Å². The van der Waals surface area contributed by atoms with Crippen LogP contribution in [0, 0.1) is 0 Å². The molecular formula is C14H21BrN2O. The quantitative estimate of drug-likeness (QED) is 0.877. The van der Waals surface area contributed by atoms with Gasteiger partial charge in [-0.2, -0.15) is 0 Å². The third-order valence-corrected chi connectivity index (χ3v) is 4.02. The minimum atomic E-state index is 0.385. The van der Waals surface area contributed by atoms with Crippen LogP contribution in [0.25, 0.3) is 0 Å². The van der Waals surface area contributed by atoms with Crippen LogP contribution in [0.2, 0.25) is 0 Å². The summed E-state index contributed by atoms with van der Waals surface area (Å²) in [4.78, 5) is 2.38. The first kappa shape index (κ1) is 13.8. The van der Waals surface area contributed by atoms with Crippen molar-refractivity contribution in [3.05, 3.63) is 28.2 Å². The Hall–Kier alpha value is -0.580. The second-order valence-corrected chi connectivity index (χ2v) is 5.81. The first-order chi connectivity index (χ1) is 8.69. The second kappa shape index (κ2) is 6.55. The first-order valence-corrected chi connectivity index (χ1v) is 7.41. The van der Waals surface area contributed by atoms with Crippen LogP contribution in [-0.4, -0.2) is 35.7 Å². The third kappa shape index (κ3) is 3.70. The summed E-state index contributed by atoms with van der Waals surface area (Å²) in [6.45, 7) is 6.18. The van der Waals surface area contributed by atoms with Crippen molar-refractivity contribution in [2.75, 3.05) is 19.6 Å². The van der Waals surface area contributed by atoms with Crippen LogP contribution < -0.4 is 5.32 Å². The number of hydrogen-bond donors (Lipinski definition) is 2. The highest BCUT2D eigenvalue weighted by Gasteiger charge is 2.17. The van der Waals surface area contributed by atoms with Gasteiger partial charge in [0, 0.05) is 29.2 Å². The van der Waals surface area contributed by atoms with Crippen LogP contribution in [0.15, 0.2) is 22.7 Å². The molecule has 2 N–H and O–H groups in total. The molecule has 1 aliphatic rings. The fourth-order valence-electron chi connectivity index (χ4n) is 2.45. The molecule has 0 aromatic heterocycles. The Bertz CT molecular complexity index is 391. The maximum absolute atomic E-state index is 9.88. The lowest BCUT2D eigenvalue weighted by atomic mass is 10.1. The predicted octanol–water partition coefficient (Wildman–Crippen LogP) is 2.73. The van der Waals surface area contributed by atoms with Gasteiger partial charge in [-0.15, -0.1) is 0 Å². The van der Waals surface area contributed by atoms with E-state index >= 15 is 0 Å². The van der Waals surface area contributed by atoms with Crippen LogP contribution >= 0.6 is 15.9 Å². The number of nitrogens with zero attached hydrogens (tertiary/aromatic N) is 1. The smallest absolute Gasteiger partial charge is 0.120 e. The maximum atomic E-state index is 9.88. The Labute approximate surface area is 117 Å². The van der Waals surface area contributed by atoms with Crippen molar-refractivity contribution in [1.29, 1.82) is 0 Å². The summed E-state index contributed by atoms with van der Waals surface area (Å²) < 4.78 is 1.02. The van der Waals surface area contributed by atoms with Gasteiger partial charge in [-0.3, -0.25) is 4.90 Å². The zero-order valence-electron chi connectivity index (χ0n) is 10.8. The SMILES string of the molecule is CCN(Cc1cc(Br)ccc1O)CC1CCCN1. The molecule has 0 spiro atoms. The number of phenols is 1. The Balaban J connectivity index is 1.98. The molecule has 3 nitrogen and oxygen atoms in total. The number of rotatable bonds is 5. The Kier molecular flexibility index (Phi) is 5.03. The first-order valence-electron chi connectivity index (χ1n) is 6.62. The predicted molar refractivity (Wildman–Crippen MR) is 77.8 cm³/mol. The van der Waals surface area contributed by atoms with Crippen LogP contribution in [0.5, 0.6) is 5.75 Å². The van der Waals surface area contributed by atoms with Gasteiger partial charge >= 0.3 is 0 Å². The van der Waals surface area contributed by atoms with Gasteiger partial charge in [-0.1, -0.05) is 22.9 Å². The average molecular weight is 313 g/mol. The molecule has 0 amide bonds. The molecule has 2 rings (SSSR count). The number of phenolic OH excluding ortho intramolecular Hbond substituents is 1.